The van der Waals surface area contributed by atoms with Gasteiger partial charge in [0.1, 0.15) is 11.8 Å². The third-order valence-electron chi connectivity index (χ3n) is 7.28. The fraction of sp³-hybridized carbons (Fsp3) is 0.609. The van der Waals surface area contributed by atoms with Gasteiger partial charge >= 0.3 is 0 Å². The molecule has 3 aliphatic rings. The molecule has 2 fully saturated rings. The van der Waals surface area contributed by atoms with E-state index in [2.05, 4.69) is 26.8 Å². The number of aryl methyl sites for hydroxylation is 1. The topological polar surface area (TPSA) is 58.3 Å². The van der Waals surface area contributed by atoms with Gasteiger partial charge < -0.3 is 14.2 Å². The molecule has 0 amide bonds. The molecule has 0 aromatic carbocycles. The van der Waals surface area contributed by atoms with Crippen molar-refractivity contribution >= 4 is 28.0 Å². The van der Waals surface area contributed by atoms with Crippen molar-refractivity contribution < 1.29 is 4.42 Å². The molecule has 1 aliphatic heterocycles. The molecule has 0 spiro atoms. The second-order valence-electron chi connectivity index (χ2n) is 9.09. The second kappa shape index (κ2) is 6.94. The molecule has 2 aliphatic carbocycles. The monoisotopic (exact) mass is 391 g/mol. The Bertz CT molecular complexity index is 1060. The van der Waals surface area contributed by atoms with Crippen molar-refractivity contribution in [1.29, 1.82) is 0 Å². The van der Waals surface area contributed by atoms with Gasteiger partial charge in [-0.1, -0.05) is 19.3 Å². The lowest BCUT2D eigenvalue weighted by atomic mass is 9.84. The van der Waals surface area contributed by atoms with E-state index in [9.17, 15) is 0 Å². The number of rotatable bonds is 2. The quantitative estimate of drug-likeness (QED) is 0.657. The van der Waals surface area contributed by atoms with Gasteiger partial charge in [0.05, 0.1) is 11.1 Å². The Kier molecular flexibility index (Phi) is 4.22. The maximum atomic E-state index is 6.43. The summed E-state index contributed by atoms with van der Waals surface area (Å²) in [5.41, 5.74) is 6.87. The molecule has 6 nitrogen and oxygen atoms in total. The van der Waals surface area contributed by atoms with Crippen LogP contribution in [0.2, 0.25) is 0 Å². The van der Waals surface area contributed by atoms with Crippen LogP contribution in [-0.4, -0.2) is 53.1 Å². The Morgan fingerprint density at radius 3 is 2.55 bits per heavy atom. The second-order valence-corrected chi connectivity index (χ2v) is 9.09. The maximum Gasteiger partial charge on any atom is 0.229 e. The fourth-order valence-electron chi connectivity index (χ4n) is 5.67. The maximum absolute atomic E-state index is 6.43. The summed E-state index contributed by atoms with van der Waals surface area (Å²) in [6.07, 6.45) is 11.8. The molecule has 152 valence electrons. The number of pyridine rings is 1. The van der Waals surface area contributed by atoms with Gasteiger partial charge in [0.15, 0.2) is 11.4 Å². The summed E-state index contributed by atoms with van der Waals surface area (Å²) in [7, 11) is 2.17. The van der Waals surface area contributed by atoms with E-state index in [1.807, 2.05) is 0 Å². The van der Waals surface area contributed by atoms with Crippen molar-refractivity contribution in [2.75, 3.05) is 38.1 Å². The Hall–Kier alpha value is -2.21. The van der Waals surface area contributed by atoms with Crippen molar-refractivity contribution in [2.24, 2.45) is 0 Å². The van der Waals surface area contributed by atoms with Crippen LogP contribution in [0.5, 0.6) is 0 Å². The van der Waals surface area contributed by atoms with E-state index in [4.69, 9.17) is 9.40 Å². The van der Waals surface area contributed by atoms with Crippen molar-refractivity contribution in [2.45, 2.75) is 57.3 Å². The Balaban J connectivity index is 1.52. The van der Waals surface area contributed by atoms with Crippen LogP contribution in [0.3, 0.4) is 0 Å². The molecular weight excluding hydrogens is 362 g/mol. The van der Waals surface area contributed by atoms with Crippen molar-refractivity contribution in [1.82, 2.24) is 19.9 Å². The Morgan fingerprint density at radius 2 is 1.72 bits per heavy atom. The van der Waals surface area contributed by atoms with Crippen molar-refractivity contribution in [3.05, 3.63) is 23.1 Å². The molecule has 1 saturated carbocycles. The van der Waals surface area contributed by atoms with Crippen LogP contribution < -0.4 is 4.90 Å². The van der Waals surface area contributed by atoms with Gasteiger partial charge in [0, 0.05) is 32.1 Å². The van der Waals surface area contributed by atoms with Crippen molar-refractivity contribution in [3.63, 3.8) is 0 Å². The zero-order valence-electron chi connectivity index (χ0n) is 17.3. The summed E-state index contributed by atoms with van der Waals surface area (Å²) in [6, 6.07) is 0. The van der Waals surface area contributed by atoms with E-state index >= 15 is 0 Å². The van der Waals surface area contributed by atoms with Crippen LogP contribution in [0.1, 0.15) is 61.3 Å². The number of likely N-dealkylation sites (N-methyl/N-ethyl adjacent to an activating group) is 1. The molecule has 1 saturated heterocycles. The molecule has 29 heavy (non-hydrogen) atoms. The summed E-state index contributed by atoms with van der Waals surface area (Å²) in [5.74, 6) is 1.54. The molecule has 6 heteroatoms. The van der Waals surface area contributed by atoms with Crippen LogP contribution in [0.15, 0.2) is 10.7 Å². The van der Waals surface area contributed by atoms with E-state index in [1.54, 1.807) is 6.33 Å². The summed E-state index contributed by atoms with van der Waals surface area (Å²) in [5, 5.41) is 1.16. The highest BCUT2D eigenvalue weighted by molar-refractivity contribution is 6.06. The molecule has 3 aromatic heterocycles. The lowest BCUT2D eigenvalue weighted by Gasteiger charge is -2.32. The number of fused-ring (bicyclic) bond motifs is 5. The highest BCUT2D eigenvalue weighted by Gasteiger charge is 2.30. The molecule has 0 N–H and O–H groups in total. The van der Waals surface area contributed by atoms with Gasteiger partial charge in [0.2, 0.25) is 5.71 Å². The first-order valence-corrected chi connectivity index (χ1v) is 11.3. The normalized spacial score (nSPS) is 21.3. The van der Waals surface area contributed by atoms with Gasteiger partial charge in [0.25, 0.3) is 0 Å². The highest BCUT2D eigenvalue weighted by atomic mass is 16.3. The summed E-state index contributed by atoms with van der Waals surface area (Å²) < 4.78 is 6.43. The number of nitrogens with zero attached hydrogens (tertiary/aromatic N) is 5. The minimum atomic E-state index is 0.608. The number of hydrogen-bond donors (Lipinski definition) is 0. The standard InChI is InChI=1S/C23H29N5O/c1-27-10-12-28(13-11-27)22-21-20(24-14-25-22)18-16-8-5-9-17(16)19(26-23(18)29-21)15-6-3-2-4-7-15/h14-15H,2-13H2,1H3. The predicted molar refractivity (Wildman–Crippen MR) is 115 cm³/mol. The van der Waals surface area contributed by atoms with Gasteiger partial charge in [-0.2, -0.15) is 0 Å². The van der Waals surface area contributed by atoms with Gasteiger partial charge in [-0.25, -0.2) is 15.0 Å². The molecule has 0 radical (unpaired) electrons. The molecule has 3 aromatic rings. The van der Waals surface area contributed by atoms with Gasteiger partial charge in [-0.3, -0.25) is 0 Å². The average molecular weight is 392 g/mol. The SMILES string of the molecule is CN1CCN(c2ncnc3c2oc2nc(C4CCCCC4)c4c(c23)CCC4)CC1. The fourth-order valence-corrected chi connectivity index (χ4v) is 5.67. The summed E-state index contributed by atoms with van der Waals surface area (Å²) >= 11 is 0. The Labute approximate surface area is 171 Å². The van der Waals surface area contributed by atoms with Crippen LogP contribution in [0.4, 0.5) is 5.82 Å². The molecule has 4 heterocycles. The average Bonchev–Trinajstić information content (AvgIpc) is 3.38. The van der Waals surface area contributed by atoms with Gasteiger partial charge in [-0.05, 0) is 50.3 Å². The molecule has 6 rings (SSSR count). The lowest BCUT2D eigenvalue weighted by molar-refractivity contribution is 0.312. The number of hydrogen-bond acceptors (Lipinski definition) is 6. The van der Waals surface area contributed by atoms with Crippen LogP contribution in [-0.2, 0) is 12.8 Å². The highest BCUT2D eigenvalue weighted by Crippen LogP contribution is 2.43. The number of furan rings is 1. The third kappa shape index (κ3) is 2.83. The summed E-state index contributed by atoms with van der Waals surface area (Å²) in [6.45, 7) is 4.04. The smallest absolute Gasteiger partial charge is 0.229 e. The van der Waals surface area contributed by atoms with Crippen LogP contribution >= 0.6 is 0 Å². The molecule has 0 bridgehead atoms. The van der Waals surface area contributed by atoms with E-state index in [0.29, 0.717) is 5.92 Å². The summed E-state index contributed by atoms with van der Waals surface area (Å²) in [4.78, 5) is 19.2. The number of anilines is 1. The predicted octanol–water partition coefficient (Wildman–Crippen LogP) is 4.06. The molecular formula is C23H29N5O. The number of aromatic nitrogens is 3. The first-order chi connectivity index (χ1) is 14.3. The zero-order valence-corrected chi connectivity index (χ0v) is 17.3. The lowest BCUT2D eigenvalue weighted by Crippen LogP contribution is -2.44. The minimum Gasteiger partial charge on any atom is -0.432 e. The third-order valence-corrected chi connectivity index (χ3v) is 7.28. The van der Waals surface area contributed by atoms with Crippen LogP contribution in [0, 0.1) is 0 Å². The minimum absolute atomic E-state index is 0.608. The largest absolute Gasteiger partial charge is 0.432 e. The van der Waals surface area contributed by atoms with E-state index in [1.165, 1.54) is 55.3 Å². The van der Waals surface area contributed by atoms with E-state index in [0.717, 1.165) is 67.0 Å². The molecule has 0 unspecified atom stereocenters. The molecule has 0 atom stereocenters. The zero-order chi connectivity index (χ0) is 19.4. The number of piperazine rings is 1. The van der Waals surface area contributed by atoms with E-state index < -0.39 is 0 Å². The van der Waals surface area contributed by atoms with E-state index in [-0.39, 0.29) is 0 Å². The van der Waals surface area contributed by atoms with Crippen molar-refractivity contribution in [3.8, 4) is 0 Å². The Morgan fingerprint density at radius 1 is 0.931 bits per heavy atom. The van der Waals surface area contributed by atoms with Crippen LogP contribution in [0.25, 0.3) is 22.2 Å². The first kappa shape index (κ1) is 17.6. The first-order valence-electron chi connectivity index (χ1n) is 11.3. The van der Waals surface area contributed by atoms with Gasteiger partial charge in [-0.15, -0.1) is 0 Å².